The second kappa shape index (κ2) is 7.01. The van der Waals surface area contributed by atoms with Gasteiger partial charge < -0.3 is 9.68 Å². The fourth-order valence-corrected chi connectivity index (χ4v) is 0.138. The van der Waals surface area contributed by atoms with Crippen LogP contribution in [-0.4, -0.2) is 41.5 Å². The third kappa shape index (κ3) is 10.8. The Bertz CT molecular complexity index is 112. The van der Waals surface area contributed by atoms with E-state index in [9.17, 15) is 9.59 Å². The molecule has 10 heavy (non-hydrogen) atoms. The number of rotatable bonds is 2. The van der Waals surface area contributed by atoms with Crippen LogP contribution in [0.2, 0.25) is 0 Å². The molecule has 5 nitrogen and oxygen atoms in total. The van der Waals surface area contributed by atoms with E-state index in [1.54, 1.807) is 5.64 Å². The number of carbonyl (C=O) groups excluding carboxylic acids is 2. The van der Waals surface area contributed by atoms with Gasteiger partial charge in [0.25, 0.3) is 0 Å². The number of hydrogen-bond donors (Lipinski definition) is 1. The van der Waals surface area contributed by atoms with Crippen molar-refractivity contribution in [3.63, 3.8) is 0 Å². The average Bonchev–Trinajstić information content (AvgIpc) is 1.63. The van der Waals surface area contributed by atoms with Crippen molar-refractivity contribution in [1.82, 2.24) is 5.64 Å². The molecule has 1 radical (unpaired) electrons. The first-order valence-corrected chi connectivity index (χ1v) is 2.22. The number of nitrogens with one attached hydrogen (secondary N) is 1. The van der Waals surface area contributed by atoms with Gasteiger partial charge in [-0.1, -0.05) is 0 Å². The fourth-order valence-electron chi connectivity index (χ4n) is 0.138. The molecule has 0 heterocycles. The first-order valence-electron chi connectivity index (χ1n) is 2.22. The van der Waals surface area contributed by atoms with Gasteiger partial charge in [-0.05, 0) is 0 Å². The maximum Gasteiger partial charge on any atom is 0.325 e. The average molecular weight is 156 g/mol. The maximum absolute atomic E-state index is 9.95. The standard InChI is InChI=1S/C4H7NO4.Na/c1-3(6)8-5-9-4(2)7;/h5H,1-2H3;. The van der Waals surface area contributed by atoms with E-state index in [1.807, 2.05) is 0 Å². The van der Waals surface area contributed by atoms with Crippen molar-refractivity contribution >= 4 is 41.5 Å². The van der Waals surface area contributed by atoms with Crippen molar-refractivity contribution in [2.24, 2.45) is 0 Å². The van der Waals surface area contributed by atoms with Crippen molar-refractivity contribution in [3.8, 4) is 0 Å². The van der Waals surface area contributed by atoms with E-state index in [-0.39, 0.29) is 29.6 Å². The molecule has 0 saturated heterocycles. The molecule has 0 aromatic carbocycles. The van der Waals surface area contributed by atoms with Crippen LogP contribution in [0.15, 0.2) is 0 Å². The molecule has 0 fully saturated rings. The third-order valence-corrected chi connectivity index (χ3v) is 0.371. The third-order valence-electron chi connectivity index (χ3n) is 0.371. The maximum atomic E-state index is 9.95. The Kier molecular flexibility index (Phi) is 8.81. The van der Waals surface area contributed by atoms with Crippen LogP contribution in [0.1, 0.15) is 13.8 Å². The first kappa shape index (κ1) is 12.6. The van der Waals surface area contributed by atoms with Crippen LogP contribution >= 0.6 is 0 Å². The quantitative estimate of drug-likeness (QED) is 0.416. The molecule has 0 saturated carbocycles. The molecule has 0 bridgehead atoms. The van der Waals surface area contributed by atoms with Crippen LogP contribution in [-0.2, 0) is 19.3 Å². The molecule has 0 atom stereocenters. The molecule has 1 N–H and O–H groups in total. The number of carbonyl (C=O) groups is 2. The summed E-state index contributed by atoms with van der Waals surface area (Å²) < 4.78 is 0. The van der Waals surface area contributed by atoms with E-state index in [0.29, 0.717) is 0 Å². The molecule has 0 aliphatic rings. The predicted octanol–water partition coefficient (Wildman–Crippen LogP) is -0.849. The van der Waals surface area contributed by atoms with E-state index >= 15 is 0 Å². The van der Waals surface area contributed by atoms with E-state index < -0.39 is 11.9 Å². The normalized spacial score (nSPS) is 7.40. The molecular formula is C4H7NNaO4. The molecule has 0 rings (SSSR count). The zero-order valence-electron chi connectivity index (χ0n) is 6.13. The summed E-state index contributed by atoms with van der Waals surface area (Å²) in [6.07, 6.45) is 0. The molecule has 0 aromatic rings. The first-order chi connectivity index (χ1) is 4.13. The summed E-state index contributed by atoms with van der Waals surface area (Å²) in [6.45, 7) is 2.35. The van der Waals surface area contributed by atoms with Crippen LogP contribution in [0, 0.1) is 0 Å². The minimum atomic E-state index is -0.573. The zero-order valence-corrected chi connectivity index (χ0v) is 8.13. The van der Waals surface area contributed by atoms with Gasteiger partial charge >= 0.3 is 11.9 Å². The largest absolute Gasteiger partial charge is 0.336 e. The topological polar surface area (TPSA) is 64.6 Å². The SMILES string of the molecule is CC(=O)ONOC(C)=O.[Na]. The van der Waals surface area contributed by atoms with Gasteiger partial charge in [0, 0.05) is 49.0 Å². The second-order valence-corrected chi connectivity index (χ2v) is 1.27. The van der Waals surface area contributed by atoms with Crippen LogP contribution in [0.25, 0.3) is 0 Å². The van der Waals surface area contributed by atoms with Crippen molar-refractivity contribution in [3.05, 3.63) is 0 Å². The Morgan fingerprint density at radius 1 is 1.10 bits per heavy atom. The molecular weight excluding hydrogens is 149 g/mol. The Morgan fingerprint density at radius 3 is 1.60 bits per heavy atom. The number of hydrogen-bond acceptors (Lipinski definition) is 5. The van der Waals surface area contributed by atoms with Crippen molar-refractivity contribution in [2.45, 2.75) is 13.8 Å². The summed E-state index contributed by atoms with van der Waals surface area (Å²) in [7, 11) is 0. The summed E-state index contributed by atoms with van der Waals surface area (Å²) in [4.78, 5) is 27.9. The molecule has 0 amide bonds. The van der Waals surface area contributed by atoms with Crippen LogP contribution in [0.5, 0.6) is 0 Å². The van der Waals surface area contributed by atoms with Crippen LogP contribution < -0.4 is 5.64 Å². The second-order valence-electron chi connectivity index (χ2n) is 1.27. The fraction of sp³-hybridized carbons (Fsp3) is 0.500. The molecule has 0 spiro atoms. The summed E-state index contributed by atoms with van der Waals surface area (Å²) in [5.41, 5.74) is 1.69. The van der Waals surface area contributed by atoms with Gasteiger partial charge in [-0.3, -0.25) is 9.59 Å². The molecule has 0 aliphatic carbocycles. The van der Waals surface area contributed by atoms with Crippen molar-refractivity contribution in [1.29, 1.82) is 0 Å². The van der Waals surface area contributed by atoms with E-state index in [1.165, 1.54) is 13.8 Å². The summed E-state index contributed by atoms with van der Waals surface area (Å²) in [6, 6.07) is 0. The van der Waals surface area contributed by atoms with E-state index in [4.69, 9.17) is 0 Å². The zero-order chi connectivity index (χ0) is 7.28. The van der Waals surface area contributed by atoms with Gasteiger partial charge in [0.05, 0.1) is 0 Å². The van der Waals surface area contributed by atoms with Crippen LogP contribution in [0.3, 0.4) is 0 Å². The van der Waals surface area contributed by atoms with Gasteiger partial charge in [-0.15, -0.1) is 0 Å². The summed E-state index contributed by atoms with van der Waals surface area (Å²) in [5.74, 6) is -1.15. The van der Waals surface area contributed by atoms with Gasteiger partial charge in [-0.25, -0.2) is 0 Å². The Balaban J connectivity index is 0. The van der Waals surface area contributed by atoms with Gasteiger partial charge in [0.1, 0.15) is 0 Å². The predicted molar refractivity (Wildman–Crippen MR) is 32.4 cm³/mol. The molecule has 0 unspecified atom stereocenters. The molecule has 6 heteroatoms. The monoisotopic (exact) mass is 156 g/mol. The van der Waals surface area contributed by atoms with Gasteiger partial charge in [0.15, 0.2) is 0 Å². The van der Waals surface area contributed by atoms with Crippen LogP contribution in [0.4, 0.5) is 0 Å². The minimum Gasteiger partial charge on any atom is -0.336 e. The van der Waals surface area contributed by atoms with Crippen molar-refractivity contribution < 1.29 is 19.3 Å². The molecule has 0 aromatic heterocycles. The molecule has 0 aliphatic heterocycles. The van der Waals surface area contributed by atoms with E-state index in [0.717, 1.165) is 0 Å². The van der Waals surface area contributed by atoms with Crippen molar-refractivity contribution in [2.75, 3.05) is 0 Å². The summed E-state index contributed by atoms with van der Waals surface area (Å²) in [5, 5.41) is 0. The van der Waals surface area contributed by atoms with Gasteiger partial charge in [0.2, 0.25) is 0 Å². The minimum absolute atomic E-state index is 0. The van der Waals surface area contributed by atoms with Gasteiger partial charge in [-0.2, -0.15) is 0 Å². The Morgan fingerprint density at radius 2 is 1.40 bits per heavy atom. The smallest absolute Gasteiger partial charge is 0.325 e. The molecule has 53 valence electrons. The Hall–Kier alpha value is -0.100. The summed E-state index contributed by atoms with van der Waals surface area (Å²) >= 11 is 0. The van der Waals surface area contributed by atoms with E-state index in [2.05, 4.69) is 9.68 Å². The Labute approximate surface area is 80.3 Å².